The van der Waals surface area contributed by atoms with Gasteiger partial charge in [-0.3, -0.25) is 9.59 Å². The maximum absolute atomic E-state index is 12.4. The molecule has 1 aliphatic rings. The van der Waals surface area contributed by atoms with Crippen LogP contribution in [-0.4, -0.2) is 23.7 Å². The monoisotopic (exact) mass is 330 g/mol. The number of amides is 2. The summed E-state index contributed by atoms with van der Waals surface area (Å²) in [6, 6.07) is 5.72. The van der Waals surface area contributed by atoms with Gasteiger partial charge in [-0.15, -0.1) is 13.2 Å². The molecule has 0 saturated heterocycles. The van der Waals surface area contributed by atoms with Crippen LogP contribution in [0, 0.1) is 5.92 Å². The summed E-state index contributed by atoms with van der Waals surface area (Å²) in [7, 11) is 0. The number of nitrogens with two attached hydrogens (primary N) is 1. The molecule has 1 aromatic rings. The summed E-state index contributed by atoms with van der Waals surface area (Å²) < 4.78 is 41.3. The van der Waals surface area contributed by atoms with E-state index in [1.165, 1.54) is 32.0 Å². The van der Waals surface area contributed by atoms with Crippen LogP contribution in [0.15, 0.2) is 24.3 Å². The molecule has 5 nitrogen and oxygen atoms in total. The van der Waals surface area contributed by atoms with Gasteiger partial charge in [-0.2, -0.15) is 0 Å². The number of rotatable bonds is 5. The Morgan fingerprint density at radius 1 is 1.26 bits per heavy atom. The summed E-state index contributed by atoms with van der Waals surface area (Å²) in [6.07, 6.45) is -4.41. The molecule has 0 bridgehead atoms. The Hall–Kier alpha value is -2.25. The Morgan fingerprint density at radius 3 is 2.43 bits per heavy atom. The third kappa shape index (κ3) is 4.14. The number of alkyl halides is 3. The van der Waals surface area contributed by atoms with Crippen LogP contribution < -0.4 is 15.8 Å². The highest BCUT2D eigenvalue weighted by Crippen LogP contribution is 2.51. The van der Waals surface area contributed by atoms with Crippen molar-refractivity contribution in [2.24, 2.45) is 11.7 Å². The van der Waals surface area contributed by atoms with Crippen molar-refractivity contribution in [3.63, 3.8) is 0 Å². The van der Waals surface area contributed by atoms with Gasteiger partial charge in [0.15, 0.2) is 0 Å². The van der Waals surface area contributed by atoms with Crippen molar-refractivity contribution in [3.05, 3.63) is 29.8 Å². The third-order valence-electron chi connectivity index (χ3n) is 3.72. The van der Waals surface area contributed by atoms with Gasteiger partial charge in [0.1, 0.15) is 11.3 Å². The molecule has 0 spiro atoms. The lowest BCUT2D eigenvalue weighted by Gasteiger charge is -2.22. The van der Waals surface area contributed by atoms with Crippen molar-refractivity contribution in [3.8, 4) is 5.75 Å². The Labute approximate surface area is 131 Å². The largest absolute Gasteiger partial charge is 0.573 e. The van der Waals surface area contributed by atoms with Crippen LogP contribution in [0.3, 0.4) is 0 Å². The molecular formula is C15H17F3N2O3. The van der Waals surface area contributed by atoms with Gasteiger partial charge in [0.05, 0.1) is 0 Å². The van der Waals surface area contributed by atoms with Gasteiger partial charge in [-0.05, 0) is 37.8 Å². The van der Waals surface area contributed by atoms with Crippen molar-refractivity contribution in [2.45, 2.75) is 38.1 Å². The minimum atomic E-state index is -4.79. The summed E-state index contributed by atoms with van der Waals surface area (Å²) in [6.45, 7) is 2.93. The van der Waals surface area contributed by atoms with Crippen LogP contribution in [0.4, 0.5) is 13.2 Å². The van der Waals surface area contributed by atoms with E-state index in [9.17, 15) is 22.8 Å². The molecule has 1 saturated carbocycles. The molecule has 0 aliphatic heterocycles. The summed E-state index contributed by atoms with van der Waals surface area (Å²) >= 11 is 0. The van der Waals surface area contributed by atoms with E-state index in [0.29, 0.717) is 12.0 Å². The lowest BCUT2D eigenvalue weighted by molar-refractivity contribution is -0.274. The fraction of sp³-hybridized carbons (Fsp3) is 0.467. The maximum atomic E-state index is 12.4. The van der Waals surface area contributed by atoms with E-state index in [1.807, 2.05) is 0 Å². The average molecular weight is 330 g/mol. The number of para-hydroxylation sites is 1. The molecule has 2 amide bonds. The van der Waals surface area contributed by atoms with E-state index in [-0.39, 0.29) is 11.7 Å². The van der Waals surface area contributed by atoms with Gasteiger partial charge in [0.2, 0.25) is 11.8 Å². The minimum absolute atomic E-state index is 0.311. The summed E-state index contributed by atoms with van der Waals surface area (Å²) in [4.78, 5) is 23.3. The van der Waals surface area contributed by atoms with Gasteiger partial charge in [-0.25, -0.2) is 0 Å². The Kier molecular flexibility index (Phi) is 4.28. The third-order valence-corrected chi connectivity index (χ3v) is 3.72. The van der Waals surface area contributed by atoms with E-state index >= 15 is 0 Å². The number of halogens is 3. The number of primary amides is 1. The second-order valence-electron chi connectivity index (χ2n) is 6.01. The normalized spacial score (nSPS) is 20.7. The molecule has 2 rings (SSSR count). The fourth-order valence-electron chi connectivity index (χ4n) is 2.30. The summed E-state index contributed by atoms with van der Waals surface area (Å²) in [5.74, 6) is -2.30. The molecule has 3 N–H and O–H groups in total. The first-order valence-corrected chi connectivity index (χ1v) is 6.98. The average Bonchev–Trinajstić information content (AvgIpc) is 3.17. The summed E-state index contributed by atoms with van der Waals surface area (Å²) in [5, 5.41) is 2.51. The second kappa shape index (κ2) is 5.75. The van der Waals surface area contributed by atoms with Crippen molar-refractivity contribution in [2.75, 3.05) is 0 Å². The summed E-state index contributed by atoms with van der Waals surface area (Å²) in [5.41, 5.74) is 4.28. The van der Waals surface area contributed by atoms with E-state index in [4.69, 9.17) is 5.73 Å². The molecule has 1 fully saturated rings. The number of carbonyl (C=O) groups excluding carboxylic acids is 2. The standard InChI is InChI=1S/C15H17F3N2O3/c1-14(2,13(19)22)20-12(21)10-7-9(10)8-5-3-4-6-11(8)23-15(16,17)18/h3-6,9-10H,7H2,1-2H3,(H2,19,22)(H,20,21)/t9-,10+/m1/s1. The molecule has 23 heavy (non-hydrogen) atoms. The predicted octanol–water partition coefficient (Wildman–Crippen LogP) is 2.07. The fourth-order valence-corrected chi connectivity index (χ4v) is 2.30. The lowest BCUT2D eigenvalue weighted by Crippen LogP contribution is -2.53. The molecule has 2 atom stereocenters. The number of ether oxygens (including phenoxy) is 1. The zero-order chi connectivity index (χ0) is 17.4. The molecule has 0 unspecified atom stereocenters. The van der Waals surface area contributed by atoms with Gasteiger partial charge in [0.25, 0.3) is 0 Å². The Bertz CT molecular complexity index is 629. The number of benzene rings is 1. The lowest BCUT2D eigenvalue weighted by atomic mass is 10.0. The van der Waals surface area contributed by atoms with Gasteiger partial charge in [-0.1, -0.05) is 18.2 Å². The van der Waals surface area contributed by atoms with Crippen LogP contribution in [0.5, 0.6) is 5.75 Å². The first-order chi connectivity index (χ1) is 10.5. The minimum Gasteiger partial charge on any atom is -0.405 e. The van der Waals surface area contributed by atoms with Crippen molar-refractivity contribution in [1.82, 2.24) is 5.32 Å². The molecule has 0 aromatic heterocycles. The predicted molar refractivity (Wildman–Crippen MR) is 75.4 cm³/mol. The first kappa shape index (κ1) is 17.1. The van der Waals surface area contributed by atoms with Crippen LogP contribution in [0.1, 0.15) is 31.7 Å². The molecule has 126 valence electrons. The van der Waals surface area contributed by atoms with Gasteiger partial charge >= 0.3 is 6.36 Å². The van der Waals surface area contributed by atoms with Crippen LogP contribution in [-0.2, 0) is 9.59 Å². The van der Waals surface area contributed by atoms with Crippen LogP contribution >= 0.6 is 0 Å². The van der Waals surface area contributed by atoms with Crippen molar-refractivity contribution < 1.29 is 27.5 Å². The van der Waals surface area contributed by atoms with Crippen LogP contribution in [0.2, 0.25) is 0 Å². The zero-order valence-corrected chi connectivity index (χ0v) is 12.6. The highest BCUT2D eigenvalue weighted by molar-refractivity contribution is 5.91. The molecule has 1 aliphatic carbocycles. The number of hydrogen-bond donors (Lipinski definition) is 2. The van der Waals surface area contributed by atoms with Gasteiger partial charge < -0.3 is 15.8 Å². The molecule has 0 heterocycles. The van der Waals surface area contributed by atoms with Gasteiger partial charge in [0, 0.05) is 5.92 Å². The number of nitrogens with one attached hydrogen (secondary N) is 1. The Balaban J connectivity index is 2.09. The number of carbonyl (C=O) groups is 2. The maximum Gasteiger partial charge on any atom is 0.573 e. The van der Waals surface area contributed by atoms with E-state index in [1.54, 1.807) is 6.07 Å². The van der Waals surface area contributed by atoms with Crippen molar-refractivity contribution >= 4 is 11.8 Å². The van der Waals surface area contributed by atoms with Crippen LogP contribution in [0.25, 0.3) is 0 Å². The Morgan fingerprint density at radius 2 is 1.87 bits per heavy atom. The SMILES string of the molecule is CC(C)(NC(=O)[C@H]1C[C@@H]1c1ccccc1OC(F)(F)F)C(N)=O. The van der Waals surface area contributed by atoms with E-state index in [0.717, 1.165) is 0 Å². The first-order valence-electron chi connectivity index (χ1n) is 6.98. The second-order valence-corrected chi connectivity index (χ2v) is 6.01. The smallest absolute Gasteiger partial charge is 0.405 e. The molecule has 8 heteroatoms. The highest BCUT2D eigenvalue weighted by Gasteiger charge is 2.47. The molecular weight excluding hydrogens is 313 g/mol. The van der Waals surface area contributed by atoms with E-state index < -0.39 is 29.6 Å². The van der Waals surface area contributed by atoms with Crippen molar-refractivity contribution in [1.29, 1.82) is 0 Å². The quantitative estimate of drug-likeness (QED) is 0.867. The van der Waals surface area contributed by atoms with E-state index in [2.05, 4.69) is 10.1 Å². The highest BCUT2D eigenvalue weighted by atomic mass is 19.4. The molecule has 0 radical (unpaired) electrons. The molecule has 1 aromatic carbocycles. The zero-order valence-electron chi connectivity index (χ0n) is 12.6. The number of hydrogen-bond acceptors (Lipinski definition) is 3. The topological polar surface area (TPSA) is 81.4 Å².